The maximum absolute atomic E-state index is 11.8. The molecule has 164 valence electrons. The molecule has 0 heterocycles. The Labute approximate surface area is 179 Å². The minimum atomic E-state index is -0.522. The summed E-state index contributed by atoms with van der Waals surface area (Å²) < 4.78 is 27.2. The van der Waals surface area contributed by atoms with Crippen molar-refractivity contribution in [2.45, 2.75) is 45.6 Å². The van der Waals surface area contributed by atoms with Gasteiger partial charge >= 0.3 is 5.97 Å². The van der Waals surface area contributed by atoms with E-state index in [4.69, 9.17) is 23.7 Å². The maximum Gasteiger partial charge on any atom is 0.344 e. The molecule has 0 radical (unpaired) electrons. The molecule has 0 spiro atoms. The summed E-state index contributed by atoms with van der Waals surface area (Å²) in [6.45, 7) is 5.39. The predicted molar refractivity (Wildman–Crippen MR) is 116 cm³/mol. The minimum absolute atomic E-state index is 0.110. The molecule has 0 aliphatic heterocycles. The molecule has 30 heavy (non-hydrogen) atoms. The van der Waals surface area contributed by atoms with Gasteiger partial charge in [0, 0.05) is 11.6 Å². The van der Waals surface area contributed by atoms with E-state index in [1.54, 1.807) is 21.3 Å². The Morgan fingerprint density at radius 3 is 2.30 bits per heavy atom. The quantitative estimate of drug-likeness (QED) is 0.527. The lowest BCUT2D eigenvalue weighted by molar-refractivity contribution is -0.157. The average molecular weight is 417 g/mol. The van der Waals surface area contributed by atoms with Gasteiger partial charge in [0.15, 0.2) is 18.1 Å². The van der Waals surface area contributed by atoms with Crippen LogP contribution in [-0.2, 0) is 22.4 Å². The molecular weight excluding hydrogens is 384 g/mol. The van der Waals surface area contributed by atoms with Gasteiger partial charge in [-0.15, -0.1) is 0 Å². The number of esters is 1. The summed E-state index contributed by atoms with van der Waals surface area (Å²) in [6.07, 6.45) is 2.56. The van der Waals surface area contributed by atoms with Crippen LogP contribution in [0.5, 0.6) is 23.0 Å². The Morgan fingerprint density at radius 2 is 1.67 bits per heavy atom. The van der Waals surface area contributed by atoms with E-state index in [0.717, 1.165) is 41.9 Å². The van der Waals surface area contributed by atoms with Crippen LogP contribution in [0.4, 0.5) is 0 Å². The molecule has 6 heteroatoms. The number of benzene rings is 2. The standard InChI is InChI=1S/C24H32O6/c1-24(2,3)30-22(25)16-29-19-12-8-10-17(13-19)9-7-11-18-14-20(26-4)15-21(27-5)23(18)28-6/h8,10,12-15H,7,9,11,16H2,1-6H3. The van der Waals surface area contributed by atoms with Gasteiger partial charge in [-0.25, -0.2) is 4.79 Å². The van der Waals surface area contributed by atoms with E-state index in [-0.39, 0.29) is 12.6 Å². The Kier molecular flexibility index (Phi) is 8.39. The summed E-state index contributed by atoms with van der Waals surface area (Å²) in [5, 5.41) is 0. The molecule has 6 nitrogen and oxygen atoms in total. The molecule has 2 aromatic rings. The molecule has 0 aromatic heterocycles. The zero-order chi connectivity index (χ0) is 22.1. The fraction of sp³-hybridized carbons (Fsp3) is 0.458. The van der Waals surface area contributed by atoms with Gasteiger partial charge < -0.3 is 23.7 Å². The lowest BCUT2D eigenvalue weighted by Gasteiger charge is -2.19. The third kappa shape index (κ3) is 7.17. The van der Waals surface area contributed by atoms with Crippen molar-refractivity contribution < 1.29 is 28.5 Å². The molecule has 2 rings (SSSR count). The van der Waals surface area contributed by atoms with E-state index in [9.17, 15) is 4.79 Å². The van der Waals surface area contributed by atoms with Gasteiger partial charge in [-0.1, -0.05) is 12.1 Å². The van der Waals surface area contributed by atoms with Gasteiger partial charge in [0.25, 0.3) is 0 Å². The molecule has 0 atom stereocenters. The smallest absolute Gasteiger partial charge is 0.344 e. The molecule has 0 saturated carbocycles. The second-order valence-electron chi connectivity index (χ2n) is 7.90. The Balaban J connectivity index is 1.96. The third-order valence-electron chi connectivity index (χ3n) is 4.35. The SMILES string of the molecule is COc1cc(CCCc2cccc(OCC(=O)OC(C)(C)C)c2)c(OC)c(OC)c1. The van der Waals surface area contributed by atoms with Gasteiger partial charge in [0.05, 0.1) is 21.3 Å². The second-order valence-corrected chi connectivity index (χ2v) is 7.90. The Bertz CT molecular complexity index is 838. The van der Waals surface area contributed by atoms with Crippen molar-refractivity contribution in [3.8, 4) is 23.0 Å². The summed E-state index contributed by atoms with van der Waals surface area (Å²) in [5.74, 6) is 2.39. The molecular formula is C24H32O6. The van der Waals surface area contributed by atoms with E-state index in [1.807, 2.05) is 57.2 Å². The molecule has 0 bridgehead atoms. The van der Waals surface area contributed by atoms with Crippen LogP contribution >= 0.6 is 0 Å². The largest absolute Gasteiger partial charge is 0.497 e. The summed E-state index contributed by atoms with van der Waals surface area (Å²) in [5.41, 5.74) is 1.64. The van der Waals surface area contributed by atoms with Crippen molar-refractivity contribution in [2.75, 3.05) is 27.9 Å². The lowest BCUT2D eigenvalue weighted by atomic mass is 10.0. The number of hydrogen-bond donors (Lipinski definition) is 0. The highest BCUT2D eigenvalue weighted by molar-refractivity contribution is 5.71. The first-order valence-corrected chi connectivity index (χ1v) is 9.98. The molecule has 0 saturated heterocycles. The van der Waals surface area contributed by atoms with Crippen molar-refractivity contribution in [1.29, 1.82) is 0 Å². The van der Waals surface area contributed by atoms with Crippen molar-refractivity contribution in [1.82, 2.24) is 0 Å². The van der Waals surface area contributed by atoms with E-state index in [1.165, 1.54) is 0 Å². The number of methoxy groups -OCH3 is 3. The van der Waals surface area contributed by atoms with Crippen LogP contribution in [0, 0.1) is 0 Å². The first-order valence-electron chi connectivity index (χ1n) is 9.98. The number of rotatable bonds is 10. The van der Waals surface area contributed by atoms with Gasteiger partial charge in [0.1, 0.15) is 17.1 Å². The van der Waals surface area contributed by atoms with Gasteiger partial charge in [-0.3, -0.25) is 0 Å². The summed E-state index contributed by atoms with van der Waals surface area (Å²) in [7, 11) is 4.89. The zero-order valence-corrected chi connectivity index (χ0v) is 18.7. The van der Waals surface area contributed by atoms with E-state index in [2.05, 4.69) is 0 Å². The van der Waals surface area contributed by atoms with Crippen molar-refractivity contribution >= 4 is 5.97 Å². The predicted octanol–water partition coefficient (Wildman–Crippen LogP) is 4.61. The van der Waals surface area contributed by atoms with Crippen LogP contribution in [0.2, 0.25) is 0 Å². The maximum atomic E-state index is 11.8. The molecule has 0 unspecified atom stereocenters. The molecule has 0 fully saturated rings. The summed E-state index contributed by atoms with van der Waals surface area (Å²) >= 11 is 0. The molecule has 0 amide bonds. The minimum Gasteiger partial charge on any atom is -0.497 e. The van der Waals surface area contributed by atoms with E-state index in [0.29, 0.717) is 11.5 Å². The van der Waals surface area contributed by atoms with Crippen LogP contribution < -0.4 is 18.9 Å². The summed E-state index contributed by atoms with van der Waals surface area (Å²) in [4.78, 5) is 11.8. The van der Waals surface area contributed by atoms with Crippen LogP contribution in [0.25, 0.3) is 0 Å². The Morgan fingerprint density at radius 1 is 0.900 bits per heavy atom. The van der Waals surface area contributed by atoms with Gasteiger partial charge in [0.2, 0.25) is 0 Å². The second kappa shape index (κ2) is 10.8. The van der Waals surface area contributed by atoms with E-state index >= 15 is 0 Å². The van der Waals surface area contributed by atoms with E-state index < -0.39 is 5.60 Å². The summed E-state index contributed by atoms with van der Waals surface area (Å²) in [6, 6.07) is 11.5. The first kappa shape index (κ1) is 23.4. The first-order chi connectivity index (χ1) is 14.3. The topological polar surface area (TPSA) is 63.2 Å². The van der Waals surface area contributed by atoms with Gasteiger partial charge in [-0.2, -0.15) is 0 Å². The molecule has 0 N–H and O–H groups in total. The number of ether oxygens (including phenoxy) is 5. The number of aryl methyl sites for hydroxylation is 2. The average Bonchev–Trinajstić information content (AvgIpc) is 2.70. The van der Waals surface area contributed by atoms with Gasteiger partial charge in [-0.05, 0) is 63.8 Å². The van der Waals surface area contributed by atoms with Crippen LogP contribution in [0.3, 0.4) is 0 Å². The highest BCUT2D eigenvalue weighted by Crippen LogP contribution is 2.36. The normalized spacial score (nSPS) is 11.0. The monoisotopic (exact) mass is 416 g/mol. The van der Waals surface area contributed by atoms with Crippen LogP contribution in [0.1, 0.15) is 38.3 Å². The molecule has 0 aliphatic carbocycles. The number of hydrogen-bond acceptors (Lipinski definition) is 6. The number of carbonyl (C=O) groups is 1. The lowest BCUT2D eigenvalue weighted by Crippen LogP contribution is -2.27. The van der Waals surface area contributed by atoms with Crippen LogP contribution in [-0.4, -0.2) is 39.5 Å². The van der Waals surface area contributed by atoms with Crippen molar-refractivity contribution in [3.63, 3.8) is 0 Å². The molecule has 2 aromatic carbocycles. The highest BCUT2D eigenvalue weighted by atomic mass is 16.6. The van der Waals surface area contributed by atoms with Crippen LogP contribution in [0.15, 0.2) is 36.4 Å². The van der Waals surface area contributed by atoms with Crippen molar-refractivity contribution in [2.24, 2.45) is 0 Å². The molecule has 0 aliphatic rings. The fourth-order valence-electron chi connectivity index (χ4n) is 3.11. The Hall–Kier alpha value is -2.89. The fourth-order valence-corrected chi connectivity index (χ4v) is 3.11. The number of carbonyl (C=O) groups excluding carboxylic acids is 1. The zero-order valence-electron chi connectivity index (χ0n) is 18.7. The third-order valence-corrected chi connectivity index (χ3v) is 4.35. The van der Waals surface area contributed by atoms with Crippen molar-refractivity contribution in [3.05, 3.63) is 47.5 Å². The highest BCUT2D eigenvalue weighted by Gasteiger charge is 2.17.